The molecule has 0 unspecified atom stereocenters. The minimum Gasteiger partial charge on any atom is -0.318 e. The maximum atomic E-state index is 13.3. The number of nitrogens with one attached hydrogen (secondary N) is 1. The lowest BCUT2D eigenvalue weighted by molar-refractivity contribution is 0.424. The highest BCUT2D eigenvalue weighted by Crippen LogP contribution is 2.33. The van der Waals surface area contributed by atoms with Crippen molar-refractivity contribution < 1.29 is 8.42 Å². The zero-order valence-corrected chi connectivity index (χ0v) is 19.9. The predicted molar refractivity (Wildman–Crippen MR) is 130 cm³/mol. The summed E-state index contributed by atoms with van der Waals surface area (Å²) in [7, 11) is -1.73. The first-order valence-electron chi connectivity index (χ1n) is 11.1. The van der Waals surface area contributed by atoms with Gasteiger partial charge in [-0.05, 0) is 61.1 Å². The number of rotatable bonds is 6. The van der Waals surface area contributed by atoms with Crippen LogP contribution in [0.1, 0.15) is 36.0 Å². The van der Waals surface area contributed by atoms with E-state index >= 15 is 0 Å². The Kier molecular flexibility index (Phi) is 6.41. The van der Waals surface area contributed by atoms with Gasteiger partial charge in [0.25, 0.3) is 11.1 Å². The van der Waals surface area contributed by atoms with Gasteiger partial charge in [-0.2, -0.15) is 0 Å². The second kappa shape index (κ2) is 9.11. The minimum absolute atomic E-state index is 0.0620. The molecule has 0 saturated heterocycles. The molecule has 0 aliphatic heterocycles. The molecular weight excluding hydrogens is 438 g/mol. The van der Waals surface area contributed by atoms with E-state index in [-0.39, 0.29) is 23.1 Å². The first-order valence-corrected chi connectivity index (χ1v) is 13.0. The third-order valence-electron chi connectivity index (χ3n) is 6.40. The van der Waals surface area contributed by atoms with Gasteiger partial charge in [0.15, 0.2) is 0 Å². The van der Waals surface area contributed by atoms with E-state index in [1.165, 1.54) is 0 Å². The lowest BCUT2D eigenvalue weighted by atomic mass is 9.77. The summed E-state index contributed by atoms with van der Waals surface area (Å²) in [5.74, 6) is -0.302. The van der Waals surface area contributed by atoms with Crippen molar-refractivity contribution in [3.05, 3.63) is 92.3 Å². The van der Waals surface area contributed by atoms with Crippen LogP contribution in [0, 0.1) is 0 Å². The molecule has 1 aromatic carbocycles. The first-order chi connectivity index (χ1) is 15.7. The molecule has 33 heavy (non-hydrogen) atoms. The number of pyridine rings is 2. The van der Waals surface area contributed by atoms with E-state index in [9.17, 15) is 18.0 Å². The average Bonchev–Trinajstić information content (AvgIpc) is 2.76. The number of aryl methyl sites for hydroxylation is 3. The van der Waals surface area contributed by atoms with Crippen molar-refractivity contribution in [1.29, 1.82) is 0 Å². The molecule has 2 aromatic heterocycles. The molecule has 3 aromatic rings. The fourth-order valence-corrected chi connectivity index (χ4v) is 5.64. The standard InChI is InChI=1S/C25H29N3O4S/c1-4-28-14-12-18-10-11-22(26-33(3,31)32)21(23(18)25(28)30)16-17-7-5-8-19(15-17)20-9-6-13-27(2)24(20)29/h5-9,12-15,21-22,26H,4,10-11,16H2,1-3H3/t21-,22-/m0/s1. The summed E-state index contributed by atoms with van der Waals surface area (Å²) in [6, 6.07) is 13.0. The van der Waals surface area contributed by atoms with Gasteiger partial charge < -0.3 is 9.13 Å². The number of sulfonamides is 1. The molecule has 1 aliphatic rings. The molecular formula is C25H29N3O4S. The smallest absolute Gasteiger partial charge is 0.258 e. The van der Waals surface area contributed by atoms with Crippen LogP contribution in [0.5, 0.6) is 0 Å². The summed E-state index contributed by atoms with van der Waals surface area (Å²) in [6.45, 7) is 2.47. The van der Waals surface area contributed by atoms with Gasteiger partial charge >= 0.3 is 0 Å². The molecule has 0 saturated carbocycles. The number of hydrogen-bond donors (Lipinski definition) is 1. The molecule has 0 amide bonds. The zero-order chi connectivity index (χ0) is 23.8. The Morgan fingerprint density at radius 2 is 1.85 bits per heavy atom. The van der Waals surface area contributed by atoms with Gasteiger partial charge in [0.05, 0.1) is 6.26 Å². The Morgan fingerprint density at radius 1 is 1.06 bits per heavy atom. The van der Waals surface area contributed by atoms with Gasteiger partial charge in [-0.15, -0.1) is 0 Å². The monoisotopic (exact) mass is 467 g/mol. The molecule has 1 N–H and O–H groups in total. The van der Waals surface area contributed by atoms with Crippen molar-refractivity contribution in [2.24, 2.45) is 7.05 Å². The fraction of sp³-hybridized carbons (Fsp3) is 0.360. The number of benzene rings is 1. The number of aromatic nitrogens is 2. The Hall–Kier alpha value is -2.97. The third kappa shape index (κ3) is 4.86. The zero-order valence-electron chi connectivity index (χ0n) is 19.1. The van der Waals surface area contributed by atoms with Crippen LogP contribution in [-0.4, -0.2) is 29.8 Å². The summed E-state index contributed by atoms with van der Waals surface area (Å²) in [4.78, 5) is 25.9. The van der Waals surface area contributed by atoms with Gasteiger partial charge in [0.2, 0.25) is 10.0 Å². The molecule has 1 aliphatic carbocycles. The van der Waals surface area contributed by atoms with Gasteiger partial charge in [-0.1, -0.05) is 24.3 Å². The quantitative estimate of drug-likeness (QED) is 0.603. The van der Waals surface area contributed by atoms with Crippen LogP contribution in [0.15, 0.2) is 64.4 Å². The SMILES string of the molecule is CCn1ccc2c(c1=O)[C@@H](Cc1cccc(-c3cccn(C)c3=O)c1)[C@@H](NS(C)(=O)=O)CC2. The van der Waals surface area contributed by atoms with Gasteiger partial charge in [0.1, 0.15) is 0 Å². The second-order valence-electron chi connectivity index (χ2n) is 8.73. The Balaban J connectivity index is 1.78. The first kappa shape index (κ1) is 23.2. The van der Waals surface area contributed by atoms with E-state index < -0.39 is 10.0 Å². The lowest BCUT2D eigenvalue weighted by Crippen LogP contribution is -2.45. The number of hydrogen-bond acceptors (Lipinski definition) is 4. The molecule has 2 heterocycles. The van der Waals surface area contributed by atoms with E-state index in [1.54, 1.807) is 28.4 Å². The molecule has 2 atom stereocenters. The average molecular weight is 468 g/mol. The maximum absolute atomic E-state index is 13.3. The van der Waals surface area contributed by atoms with Crippen LogP contribution in [0.3, 0.4) is 0 Å². The molecule has 0 radical (unpaired) electrons. The van der Waals surface area contributed by atoms with Crippen LogP contribution in [0.2, 0.25) is 0 Å². The van der Waals surface area contributed by atoms with Crippen molar-refractivity contribution in [1.82, 2.24) is 13.9 Å². The number of nitrogens with zero attached hydrogens (tertiary/aromatic N) is 2. The Labute approximate surface area is 193 Å². The summed E-state index contributed by atoms with van der Waals surface area (Å²) >= 11 is 0. The second-order valence-corrected chi connectivity index (χ2v) is 10.5. The summed E-state index contributed by atoms with van der Waals surface area (Å²) < 4.78 is 30.2. The largest absolute Gasteiger partial charge is 0.318 e. The van der Waals surface area contributed by atoms with E-state index in [1.807, 2.05) is 49.5 Å². The van der Waals surface area contributed by atoms with Crippen LogP contribution in [0.25, 0.3) is 11.1 Å². The topological polar surface area (TPSA) is 90.2 Å². The van der Waals surface area contributed by atoms with E-state index in [4.69, 9.17) is 0 Å². The predicted octanol–water partition coefficient (Wildman–Crippen LogP) is 2.42. The molecule has 0 spiro atoms. The highest BCUT2D eigenvalue weighted by Gasteiger charge is 2.34. The highest BCUT2D eigenvalue weighted by atomic mass is 32.2. The van der Waals surface area contributed by atoms with Gasteiger partial charge in [-0.3, -0.25) is 9.59 Å². The van der Waals surface area contributed by atoms with E-state index in [2.05, 4.69) is 4.72 Å². The van der Waals surface area contributed by atoms with Crippen molar-refractivity contribution >= 4 is 10.0 Å². The molecule has 4 rings (SSSR count). The van der Waals surface area contributed by atoms with E-state index in [0.29, 0.717) is 36.9 Å². The lowest BCUT2D eigenvalue weighted by Gasteiger charge is -2.33. The molecule has 8 heteroatoms. The molecule has 0 fully saturated rings. The van der Waals surface area contributed by atoms with E-state index in [0.717, 1.165) is 22.9 Å². The molecule has 174 valence electrons. The third-order valence-corrected chi connectivity index (χ3v) is 7.13. The van der Waals surface area contributed by atoms with Crippen LogP contribution < -0.4 is 15.8 Å². The van der Waals surface area contributed by atoms with Crippen molar-refractivity contribution in [3.63, 3.8) is 0 Å². The van der Waals surface area contributed by atoms with Crippen molar-refractivity contribution in [2.45, 2.75) is 44.7 Å². The maximum Gasteiger partial charge on any atom is 0.258 e. The number of fused-ring (bicyclic) bond motifs is 1. The van der Waals surface area contributed by atoms with Crippen molar-refractivity contribution in [2.75, 3.05) is 6.26 Å². The van der Waals surface area contributed by atoms with Crippen LogP contribution in [0.4, 0.5) is 0 Å². The molecule has 7 nitrogen and oxygen atoms in total. The Bertz CT molecular complexity index is 1410. The fourth-order valence-electron chi connectivity index (χ4n) is 4.80. The summed E-state index contributed by atoms with van der Waals surface area (Å²) in [5.41, 5.74) is 3.87. The Morgan fingerprint density at radius 3 is 2.58 bits per heavy atom. The summed E-state index contributed by atoms with van der Waals surface area (Å²) in [6.07, 6.45) is 6.45. The van der Waals surface area contributed by atoms with Crippen molar-refractivity contribution in [3.8, 4) is 11.1 Å². The van der Waals surface area contributed by atoms with Gasteiger partial charge in [-0.25, -0.2) is 13.1 Å². The molecule has 0 bridgehead atoms. The highest BCUT2D eigenvalue weighted by molar-refractivity contribution is 7.88. The van der Waals surface area contributed by atoms with Gasteiger partial charge in [0, 0.05) is 49.1 Å². The van der Waals surface area contributed by atoms with Crippen LogP contribution >= 0.6 is 0 Å². The van der Waals surface area contributed by atoms with Crippen LogP contribution in [-0.2, 0) is 36.5 Å². The normalized spacial score (nSPS) is 18.2. The summed E-state index contributed by atoms with van der Waals surface area (Å²) in [5, 5.41) is 0. The minimum atomic E-state index is -3.44.